The second kappa shape index (κ2) is 10.2. The molecule has 1 aromatic carbocycles. The van der Waals surface area contributed by atoms with Crippen molar-refractivity contribution < 1.29 is 19.3 Å². The minimum absolute atomic E-state index is 0.0977. The van der Waals surface area contributed by atoms with E-state index in [0.29, 0.717) is 36.7 Å². The molecule has 1 N–H and O–H groups in total. The molecule has 3 aliphatic rings. The Labute approximate surface area is 211 Å². The number of fused-ring (bicyclic) bond motifs is 1. The average molecular weight is 492 g/mol. The minimum Gasteiger partial charge on any atom is -0.496 e. The zero-order valence-electron chi connectivity index (χ0n) is 20.7. The van der Waals surface area contributed by atoms with Gasteiger partial charge in [-0.25, -0.2) is 4.98 Å². The van der Waals surface area contributed by atoms with Crippen molar-refractivity contribution in [1.29, 1.82) is 0 Å². The molecule has 6 rings (SSSR count). The van der Waals surface area contributed by atoms with Crippen molar-refractivity contribution in [2.24, 2.45) is 0 Å². The van der Waals surface area contributed by atoms with Gasteiger partial charge in [-0.2, -0.15) is 9.97 Å². The van der Waals surface area contributed by atoms with Crippen LogP contribution in [0.3, 0.4) is 0 Å². The summed E-state index contributed by atoms with van der Waals surface area (Å²) in [5.41, 5.74) is 3.14. The second-order valence-electron chi connectivity index (χ2n) is 9.68. The minimum atomic E-state index is -0.0977. The highest BCUT2D eigenvalue weighted by Gasteiger charge is 2.37. The number of morpholine rings is 1. The van der Waals surface area contributed by atoms with Gasteiger partial charge in [0.2, 0.25) is 5.95 Å². The van der Waals surface area contributed by atoms with Crippen molar-refractivity contribution in [2.75, 3.05) is 56.4 Å². The van der Waals surface area contributed by atoms with Gasteiger partial charge in [0.05, 0.1) is 38.0 Å². The SMILES string of the molecule is COc1ccc(-c2ccc3c(N4CCOCC4)nc(N(C4CCOCC4)C4CC4)nc3n2)cc1CO. The highest BCUT2D eigenvalue weighted by molar-refractivity contribution is 5.90. The molecule has 0 spiro atoms. The first-order valence-corrected chi connectivity index (χ1v) is 12.9. The Morgan fingerprint density at radius 1 is 0.944 bits per heavy atom. The van der Waals surface area contributed by atoms with Crippen LogP contribution in [0.15, 0.2) is 30.3 Å². The number of nitrogens with zero attached hydrogens (tertiary/aromatic N) is 5. The third-order valence-electron chi connectivity index (χ3n) is 7.34. The number of pyridine rings is 1. The number of ether oxygens (including phenoxy) is 3. The first-order chi connectivity index (χ1) is 17.7. The fourth-order valence-electron chi connectivity index (χ4n) is 5.28. The van der Waals surface area contributed by atoms with Crippen LogP contribution in [0.5, 0.6) is 5.75 Å². The average Bonchev–Trinajstić information content (AvgIpc) is 3.78. The number of aliphatic hydroxyl groups is 1. The van der Waals surface area contributed by atoms with Gasteiger partial charge in [0.15, 0.2) is 5.65 Å². The molecule has 0 unspecified atom stereocenters. The Morgan fingerprint density at radius 3 is 2.42 bits per heavy atom. The smallest absolute Gasteiger partial charge is 0.229 e. The molecule has 2 saturated heterocycles. The lowest BCUT2D eigenvalue weighted by atomic mass is 10.1. The van der Waals surface area contributed by atoms with E-state index in [-0.39, 0.29) is 6.61 Å². The molecule has 2 aliphatic heterocycles. The second-order valence-corrected chi connectivity index (χ2v) is 9.68. The molecular formula is C27H33N5O4. The Morgan fingerprint density at radius 2 is 1.69 bits per heavy atom. The van der Waals surface area contributed by atoms with Gasteiger partial charge in [0.1, 0.15) is 11.6 Å². The van der Waals surface area contributed by atoms with Gasteiger partial charge >= 0.3 is 0 Å². The molecule has 0 atom stereocenters. The van der Waals surface area contributed by atoms with Crippen LogP contribution in [-0.2, 0) is 16.1 Å². The number of hydrogen-bond acceptors (Lipinski definition) is 9. The van der Waals surface area contributed by atoms with E-state index in [2.05, 4.69) is 15.9 Å². The fraction of sp³-hybridized carbons (Fsp3) is 0.519. The maximum absolute atomic E-state index is 9.80. The first kappa shape index (κ1) is 23.4. The van der Waals surface area contributed by atoms with E-state index in [9.17, 15) is 5.11 Å². The largest absolute Gasteiger partial charge is 0.496 e. The highest BCUT2D eigenvalue weighted by atomic mass is 16.5. The van der Waals surface area contributed by atoms with E-state index < -0.39 is 0 Å². The summed E-state index contributed by atoms with van der Waals surface area (Å²) in [5.74, 6) is 2.37. The summed E-state index contributed by atoms with van der Waals surface area (Å²) in [6.45, 7) is 4.44. The highest BCUT2D eigenvalue weighted by Crippen LogP contribution is 2.37. The van der Waals surface area contributed by atoms with Gasteiger partial charge in [0.25, 0.3) is 0 Å². The molecule has 0 bridgehead atoms. The molecule has 1 aliphatic carbocycles. The number of rotatable bonds is 7. The molecule has 36 heavy (non-hydrogen) atoms. The van der Waals surface area contributed by atoms with Crippen molar-refractivity contribution >= 4 is 22.8 Å². The van der Waals surface area contributed by atoms with Gasteiger partial charge in [-0.1, -0.05) is 0 Å². The standard InChI is InChI=1S/C27H33N5O4/c1-34-24-7-2-18(16-19(24)17-33)23-6-5-22-25(28-23)29-27(30-26(22)31-10-14-36-15-11-31)32(20-3-4-20)21-8-12-35-13-9-21/h2,5-7,16,20-21,33H,3-4,8-15,17H2,1H3. The first-order valence-electron chi connectivity index (χ1n) is 12.9. The van der Waals surface area contributed by atoms with E-state index in [1.165, 1.54) is 12.8 Å². The van der Waals surface area contributed by atoms with E-state index >= 15 is 0 Å². The number of aliphatic hydroxyl groups excluding tert-OH is 1. The van der Waals surface area contributed by atoms with Gasteiger partial charge in [-0.3, -0.25) is 0 Å². The van der Waals surface area contributed by atoms with E-state index in [1.54, 1.807) is 7.11 Å². The molecule has 3 fully saturated rings. The normalized spacial score (nSPS) is 19.0. The number of aromatic nitrogens is 3. The van der Waals surface area contributed by atoms with Crippen LogP contribution >= 0.6 is 0 Å². The summed E-state index contributed by atoms with van der Waals surface area (Å²) in [4.78, 5) is 20.0. The van der Waals surface area contributed by atoms with E-state index in [0.717, 1.165) is 73.1 Å². The number of benzene rings is 1. The van der Waals surface area contributed by atoms with Crippen LogP contribution in [0.1, 0.15) is 31.2 Å². The fourth-order valence-corrected chi connectivity index (χ4v) is 5.28. The lowest BCUT2D eigenvalue weighted by Gasteiger charge is -2.35. The van der Waals surface area contributed by atoms with Crippen LogP contribution in [0.2, 0.25) is 0 Å². The molecule has 1 saturated carbocycles. The molecule has 0 amide bonds. The van der Waals surface area contributed by atoms with Crippen LogP contribution < -0.4 is 14.5 Å². The zero-order chi connectivity index (χ0) is 24.5. The lowest BCUT2D eigenvalue weighted by Crippen LogP contribution is -2.43. The summed E-state index contributed by atoms with van der Waals surface area (Å²) in [7, 11) is 1.61. The van der Waals surface area contributed by atoms with Crippen molar-refractivity contribution in [2.45, 2.75) is 44.4 Å². The lowest BCUT2D eigenvalue weighted by molar-refractivity contribution is 0.0838. The summed E-state index contributed by atoms with van der Waals surface area (Å²) in [6, 6.07) is 10.7. The summed E-state index contributed by atoms with van der Waals surface area (Å²) < 4.78 is 16.6. The Hall–Kier alpha value is -3.01. The predicted molar refractivity (Wildman–Crippen MR) is 138 cm³/mol. The third kappa shape index (κ3) is 4.58. The van der Waals surface area contributed by atoms with E-state index in [4.69, 9.17) is 29.2 Å². The van der Waals surface area contributed by atoms with Crippen LogP contribution in [0.4, 0.5) is 11.8 Å². The predicted octanol–water partition coefficient (Wildman–Crippen LogP) is 3.18. The monoisotopic (exact) mass is 491 g/mol. The quantitative estimate of drug-likeness (QED) is 0.535. The van der Waals surface area contributed by atoms with Gasteiger partial charge < -0.3 is 29.1 Å². The summed E-state index contributed by atoms with van der Waals surface area (Å²) in [6.07, 6.45) is 4.34. The van der Waals surface area contributed by atoms with Crippen molar-refractivity contribution in [3.8, 4) is 17.0 Å². The molecule has 3 aromatic rings. The summed E-state index contributed by atoms with van der Waals surface area (Å²) in [5, 5.41) is 10.7. The molecule has 190 valence electrons. The Kier molecular flexibility index (Phi) is 6.60. The Balaban J connectivity index is 1.46. The third-order valence-corrected chi connectivity index (χ3v) is 7.34. The van der Waals surface area contributed by atoms with Gasteiger partial charge in [-0.05, 0) is 56.0 Å². The van der Waals surface area contributed by atoms with Gasteiger partial charge in [-0.15, -0.1) is 0 Å². The van der Waals surface area contributed by atoms with E-state index in [1.807, 2.05) is 24.3 Å². The van der Waals surface area contributed by atoms with Crippen LogP contribution in [-0.4, -0.2) is 78.8 Å². The van der Waals surface area contributed by atoms with Crippen LogP contribution in [0.25, 0.3) is 22.3 Å². The Bertz CT molecular complexity index is 1220. The van der Waals surface area contributed by atoms with Crippen molar-refractivity contribution in [3.05, 3.63) is 35.9 Å². The maximum atomic E-state index is 9.80. The number of methoxy groups -OCH3 is 1. The molecular weight excluding hydrogens is 458 g/mol. The topological polar surface area (TPSA) is 93.1 Å². The van der Waals surface area contributed by atoms with Gasteiger partial charge in [0, 0.05) is 49.5 Å². The van der Waals surface area contributed by atoms with Crippen molar-refractivity contribution in [1.82, 2.24) is 15.0 Å². The molecule has 0 radical (unpaired) electrons. The number of anilines is 2. The molecule has 9 nitrogen and oxygen atoms in total. The molecule has 4 heterocycles. The zero-order valence-corrected chi connectivity index (χ0v) is 20.7. The maximum Gasteiger partial charge on any atom is 0.229 e. The number of hydrogen-bond donors (Lipinski definition) is 1. The summed E-state index contributed by atoms with van der Waals surface area (Å²) >= 11 is 0. The molecule has 2 aromatic heterocycles. The van der Waals surface area contributed by atoms with Crippen LogP contribution in [0, 0.1) is 0 Å². The molecule has 9 heteroatoms. The van der Waals surface area contributed by atoms with Crippen molar-refractivity contribution in [3.63, 3.8) is 0 Å².